The summed E-state index contributed by atoms with van der Waals surface area (Å²) in [4.78, 5) is 22.2. The molecule has 0 bridgehead atoms. The molecule has 0 N–H and O–H groups in total. The first-order valence-electron chi connectivity index (χ1n) is 9.08. The third kappa shape index (κ3) is 4.52. The van der Waals surface area contributed by atoms with Crippen LogP contribution in [0.5, 0.6) is 0 Å². The highest BCUT2D eigenvalue weighted by Crippen LogP contribution is 2.33. The number of benzene rings is 1. The highest BCUT2D eigenvalue weighted by Gasteiger charge is 2.20. The first kappa shape index (κ1) is 19.9. The molecule has 0 aliphatic heterocycles. The van der Waals surface area contributed by atoms with Crippen molar-refractivity contribution in [2.24, 2.45) is 5.92 Å². The average molecular weight is 407 g/mol. The summed E-state index contributed by atoms with van der Waals surface area (Å²) in [5.41, 5.74) is 0.555. The molecule has 0 saturated heterocycles. The van der Waals surface area contributed by atoms with Crippen LogP contribution in [0, 0.1) is 5.92 Å². The molecule has 0 aliphatic carbocycles. The number of nitrogens with zero attached hydrogens (tertiary/aromatic N) is 4. The predicted molar refractivity (Wildman–Crippen MR) is 108 cm³/mol. The van der Waals surface area contributed by atoms with E-state index in [-0.39, 0.29) is 10.8 Å². The average Bonchev–Trinajstić information content (AvgIpc) is 3.08. The van der Waals surface area contributed by atoms with Gasteiger partial charge in [0.05, 0.1) is 16.2 Å². The quantitative estimate of drug-likeness (QED) is 0.410. The Morgan fingerprint density at radius 3 is 2.74 bits per heavy atom. The van der Waals surface area contributed by atoms with Crippen molar-refractivity contribution >= 4 is 34.3 Å². The van der Waals surface area contributed by atoms with Crippen LogP contribution >= 0.6 is 23.4 Å². The number of fused-ring (bicyclic) bond motifs is 1. The summed E-state index contributed by atoms with van der Waals surface area (Å²) in [6.45, 7) is 8.77. The van der Waals surface area contributed by atoms with Crippen LogP contribution in [0.3, 0.4) is 0 Å². The van der Waals surface area contributed by atoms with Gasteiger partial charge in [-0.15, -0.1) is 0 Å². The lowest BCUT2D eigenvalue weighted by Gasteiger charge is -2.16. The van der Waals surface area contributed by atoms with Crippen molar-refractivity contribution in [2.45, 2.75) is 57.5 Å². The van der Waals surface area contributed by atoms with Crippen molar-refractivity contribution in [3.63, 3.8) is 0 Å². The first-order valence-corrected chi connectivity index (χ1v) is 10.3. The molecule has 0 aliphatic rings. The Kier molecular flexibility index (Phi) is 6.22. The minimum atomic E-state index is -0.113. The van der Waals surface area contributed by atoms with Crippen LogP contribution in [0.25, 0.3) is 10.9 Å². The Morgan fingerprint density at radius 1 is 1.26 bits per heavy atom. The van der Waals surface area contributed by atoms with Gasteiger partial charge in [0.1, 0.15) is 0 Å². The zero-order valence-electron chi connectivity index (χ0n) is 15.9. The first-order chi connectivity index (χ1) is 12.9. The summed E-state index contributed by atoms with van der Waals surface area (Å²) in [5, 5.41) is 5.60. The van der Waals surface area contributed by atoms with Gasteiger partial charge in [-0.3, -0.25) is 9.36 Å². The lowest BCUT2D eigenvalue weighted by atomic mass is 10.2. The maximum atomic E-state index is 13.0. The molecule has 0 saturated carbocycles. The monoisotopic (exact) mass is 406 g/mol. The number of aryl methyl sites for hydroxylation is 1. The van der Waals surface area contributed by atoms with E-state index in [2.05, 4.69) is 30.9 Å². The Labute approximate surface area is 167 Å². The van der Waals surface area contributed by atoms with E-state index < -0.39 is 0 Å². The standard InChI is InChI=1S/C19H23ClN4O2S/c1-5-6-16-22-17(26-23-16)12(4)27-19-21-15-8-7-13(20)9-14(15)18(25)24(19)10-11(2)3/h7-9,11-12H,5-6,10H2,1-4H3. The smallest absolute Gasteiger partial charge is 0.262 e. The van der Waals surface area contributed by atoms with Crippen molar-refractivity contribution in [1.82, 2.24) is 19.7 Å². The number of hydrogen-bond acceptors (Lipinski definition) is 6. The van der Waals surface area contributed by atoms with Crippen LogP contribution in [-0.4, -0.2) is 19.7 Å². The third-order valence-electron chi connectivity index (χ3n) is 4.02. The van der Waals surface area contributed by atoms with Crippen LogP contribution in [0.15, 0.2) is 32.7 Å². The molecule has 6 nitrogen and oxygen atoms in total. The van der Waals surface area contributed by atoms with Crippen molar-refractivity contribution in [3.05, 3.63) is 45.3 Å². The molecule has 1 unspecified atom stereocenters. The maximum Gasteiger partial charge on any atom is 0.262 e. The molecule has 0 fully saturated rings. The zero-order valence-corrected chi connectivity index (χ0v) is 17.5. The molecule has 0 amide bonds. The van der Waals surface area contributed by atoms with E-state index in [1.807, 2.05) is 6.92 Å². The van der Waals surface area contributed by atoms with Gasteiger partial charge < -0.3 is 4.52 Å². The molecular weight excluding hydrogens is 384 g/mol. The van der Waals surface area contributed by atoms with Crippen molar-refractivity contribution in [3.8, 4) is 0 Å². The van der Waals surface area contributed by atoms with E-state index >= 15 is 0 Å². The van der Waals surface area contributed by atoms with Crippen molar-refractivity contribution in [1.29, 1.82) is 0 Å². The number of thioether (sulfide) groups is 1. The highest BCUT2D eigenvalue weighted by atomic mass is 35.5. The van der Waals surface area contributed by atoms with Crippen LogP contribution in [-0.2, 0) is 13.0 Å². The summed E-state index contributed by atoms with van der Waals surface area (Å²) in [6, 6.07) is 5.20. The second-order valence-corrected chi connectivity index (χ2v) is 8.67. The molecular formula is C19H23ClN4O2S. The van der Waals surface area contributed by atoms with Crippen LogP contribution in [0.2, 0.25) is 5.02 Å². The minimum Gasteiger partial charge on any atom is -0.338 e. The third-order valence-corrected chi connectivity index (χ3v) is 5.33. The summed E-state index contributed by atoms with van der Waals surface area (Å²) >= 11 is 7.52. The van der Waals surface area contributed by atoms with E-state index in [1.54, 1.807) is 22.8 Å². The Balaban J connectivity index is 2.00. The fraction of sp³-hybridized carbons (Fsp3) is 0.474. The van der Waals surface area contributed by atoms with E-state index in [1.165, 1.54) is 11.8 Å². The number of aromatic nitrogens is 4. The zero-order chi connectivity index (χ0) is 19.6. The largest absolute Gasteiger partial charge is 0.338 e. The second-order valence-electron chi connectivity index (χ2n) is 6.92. The Morgan fingerprint density at radius 2 is 2.04 bits per heavy atom. The van der Waals surface area contributed by atoms with Gasteiger partial charge in [0.15, 0.2) is 11.0 Å². The van der Waals surface area contributed by atoms with Crippen LogP contribution in [0.4, 0.5) is 0 Å². The summed E-state index contributed by atoms with van der Waals surface area (Å²) in [5.74, 6) is 1.56. The number of hydrogen-bond donors (Lipinski definition) is 0. The van der Waals surface area contributed by atoms with Gasteiger partial charge in [0.2, 0.25) is 5.89 Å². The molecule has 2 heterocycles. The molecule has 3 rings (SSSR count). The lowest BCUT2D eigenvalue weighted by molar-refractivity contribution is 0.374. The summed E-state index contributed by atoms with van der Waals surface area (Å²) < 4.78 is 7.11. The van der Waals surface area contributed by atoms with E-state index in [0.717, 1.165) is 12.8 Å². The minimum absolute atomic E-state index is 0.0805. The molecule has 144 valence electrons. The van der Waals surface area contributed by atoms with Gasteiger partial charge >= 0.3 is 0 Å². The van der Waals surface area contributed by atoms with E-state index in [9.17, 15) is 4.79 Å². The SMILES string of the molecule is CCCc1noc(C(C)Sc2nc3ccc(Cl)cc3c(=O)n2CC(C)C)n1. The predicted octanol–water partition coefficient (Wildman–Crippen LogP) is 4.89. The second kappa shape index (κ2) is 8.44. The number of halogens is 1. The molecule has 8 heteroatoms. The van der Waals surface area contributed by atoms with Gasteiger partial charge in [0, 0.05) is 18.0 Å². The van der Waals surface area contributed by atoms with Gasteiger partial charge in [-0.25, -0.2) is 4.98 Å². The fourth-order valence-electron chi connectivity index (χ4n) is 2.76. The molecule has 1 atom stereocenters. The Hall–Kier alpha value is -1.86. The molecule has 0 radical (unpaired) electrons. The van der Waals surface area contributed by atoms with Gasteiger partial charge in [0.25, 0.3) is 5.56 Å². The molecule has 27 heavy (non-hydrogen) atoms. The molecule has 0 spiro atoms. The summed E-state index contributed by atoms with van der Waals surface area (Å²) in [6.07, 6.45) is 1.75. The number of rotatable bonds is 7. The van der Waals surface area contributed by atoms with Gasteiger partial charge in [-0.2, -0.15) is 4.98 Å². The fourth-order valence-corrected chi connectivity index (χ4v) is 3.88. The summed E-state index contributed by atoms with van der Waals surface area (Å²) in [7, 11) is 0. The van der Waals surface area contributed by atoms with Crippen molar-refractivity contribution in [2.75, 3.05) is 0 Å². The van der Waals surface area contributed by atoms with Gasteiger partial charge in [-0.05, 0) is 37.5 Å². The van der Waals surface area contributed by atoms with Crippen molar-refractivity contribution < 1.29 is 4.52 Å². The topological polar surface area (TPSA) is 73.8 Å². The van der Waals surface area contributed by atoms with Crippen LogP contribution < -0.4 is 5.56 Å². The molecule has 3 aromatic rings. The highest BCUT2D eigenvalue weighted by molar-refractivity contribution is 7.99. The Bertz CT molecular complexity index is 999. The molecule has 1 aromatic carbocycles. The van der Waals surface area contributed by atoms with Crippen LogP contribution in [0.1, 0.15) is 51.1 Å². The normalized spacial score (nSPS) is 12.8. The van der Waals surface area contributed by atoms with E-state index in [4.69, 9.17) is 21.1 Å². The molecule has 2 aromatic heterocycles. The van der Waals surface area contributed by atoms with Gasteiger partial charge in [-0.1, -0.05) is 49.3 Å². The maximum absolute atomic E-state index is 13.0. The lowest BCUT2D eigenvalue weighted by Crippen LogP contribution is -2.25. The van der Waals surface area contributed by atoms with E-state index in [0.29, 0.717) is 45.3 Å².